The van der Waals surface area contributed by atoms with Gasteiger partial charge in [0.15, 0.2) is 5.60 Å². The van der Waals surface area contributed by atoms with Crippen LogP contribution < -0.4 is 9.47 Å². The highest BCUT2D eigenvalue weighted by Gasteiger charge is 2.31. The van der Waals surface area contributed by atoms with Crippen LogP contribution in [0, 0.1) is 0 Å². The average Bonchev–Trinajstić information content (AvgIpc) is 3.32. The number of hydrogen-bond acceptors (Lipinski definition) is 6. The van der Waals surface area contributed by atoms with Crippen LogP contribution in [0.4, 0.5) is 0 Å². The van der Waals surface area contributed by atoms with E-state index in [0.717, 1.165) is 28.5 Å². The molecule has 0 saturated carbocycles. The molecule has 1 aliphatic rings. The largest absolute Gasteiger partial charge is 0.480 e. The van der Waals surface area contributed by atoms with Crippen molar-refractivity contribution in [1.29, 1.82) is 0 Å². The summed E-state index contributed by atoms with van der Waals surface area (Å²) in [6, 6.07) is 17.3. The van der Waals surface area contributed by atoms with Gasteiger partial charge in [0.05, 0.1) is 25.1 Å². The zero-order chi connectivity index (χ0) is 20.7. The molecule has 2 aromatic carbocycles. The van der Waals surface area contributed by atoms with Gasteiger partial charge in [-0.1, -0.05) is 0 Å². The van der Waals surface area contributed by atoms with Gasteiger partial charge in [-0.2, -0.15) is 5.10 Å². The zero-order valence-electron chi connectivity index (χ0n) is 16.8. The van der Waals surface area contributed by atoms with E-state index in [2.05, 4.69) is 20.2 Å². The number of aromatic amines is 1. The Kier molecular flexibility index (Phi) is 6.20. The third-order valence-corrected chi connectivity index (χ3v) is 4.74. The van der Waals surface area contributed by atoms with Crippen LogP contribution in [-0.2, 0) is 4.74 Å². The van der Waals surface area contributed by atoms with Gasteiger partial charge < -0.3 is 14.2 Å². The smallest absolute Gasteiger partial charge is 0.166 e. The molecule has 0 radical (unpaired) electrons. The molecule has 0 amide bonds. The summed E-state index contributed by atoms with van der Waals surface area (Å²) in [5.74, 6) is 2.22. The van der Waals surface area contributed by atoms with Crippen molar-refractivity contribution in [3.8, 4) is 28.5 Å². The second-order valence-corrected chi connectivity index (χ2v) is 6.92. The van der Waals surface area contributed by atoms with Crippen LogP contribution in [0.3, 0.4) is 0 Å². The number of benzene rings is 2. The number of nitrogens with zero attached hydrogens (tertiary/aromatic N) is 3. The summed E-state index contributed by atoms with van der Waals surface area (Å²) in [6.45, 7) is 3.76. The van der Waals surface area contributed by atoms with Crippen LogP contribution in [0.1, 0.15) is 13.3 Å². The molecule has 154 valence electrons. The van der Waals surface area contributed by atoms with Crippen LogP contribution in [-0.4, -0.2) is 48.1 Å². The Hall–Kier alpha value is -3.45. The summed E-state index contributed by atoms with van der Waals surface area (Å²) in [5.41, 5.74) is 1.43. The molecule has 30 heavy (non-hydrogen) atoms. The quantitative estimate of drug-likeness (QED) is 0.532. The molecule has 1 aliphatic heterocycles. The van der Waals surface area contributed by atoms with E-state index < -0.39 is 5.60 Å². The van der Waals surface area contributed by atoms with E-state index in [4.69, 9.17) is 14.2 Å². The van der Waals surface area contributed by atoms with Crippen molar-refractivity contribution < 1.29 is 14.2 Å². The van der Waals surface area contributed by atoms with E-state index in [1.54, 1.807) is 12.5 Å². The summed E-state index contributed by atoms with van der Waals surface area (Å²) < 4.78 is 17.7. The fourth-order valence-corrected chi connectivity index (χ4v) is 3.16. The Bertz CT molecular complexity index is 982. The molecule has 0 aliphatic carbocycles. The summed E-state index contributed by atoms with van der Waals surface area (Å²) in [5, 5.41) is 6.92. The monoisotopic (exact) mass is 404 g/mol. The first-order chi connectivity index (χ1) is 14.8. The molecule has 1 N–H and O–H groups in total. The molecular weight excluding hydrogens is 380 g/mol. The molecule has 1 aromatic heterocycles. The molecular formula is C23H24N4O3. The SMILES string of the molecule is CCOCCC1(Oc2ccc(Oc3ccc(-c4ccn[nH]4)cc3)cc2)C=NC=NC1. The minimum Gasteiger partial charge on any atom is -0.480 e. The maximum Gasteiger partial charge on any atom is 0.166 e. The average molecular weight is 404 g/mol. The number of ether oxygens (including phenoxy) is 3. The van der Waals surface area contributed by atoms with Gasteiger partial charge in [0.1, 0.15) is 23.6 Å². The van der Waals surface area contributed by atoms with E-state index in [1.807, 2.05) is 67.7 Å². The summed E-state index contributed by atoms with van der Waals surface area (Å²) >= 11 is 0. The minimum atomic E-state index is -0.588. The Morgan fingerprint density at radius 2 is 1.70 bits per heavy atom. The van der Waals surface area contributed by atoms with Crippen LogP contribution in [0.25, 0.3) is 11.3 Å². The molecule has 0 spiro atoms. The molecule has 1 unspecified atom stereocenters. The number of aliphatic imine (C=N–C) groups is 2. The van der Waals surface area contributed by atoms with Gasteiger partial charge in [0, 0.05) is 19.2 Å². The maximum absolute atomic E-state index is 6.24. The number of hydrogen-bond donors (Lipinski definition) is 1. The Balaban J connectivity index is 1.39. The van der Waals surface area contributed by atoms with E-state index >= 15 is 0 Å². The Morgan fingerprint density at radius 3 is 2.33 bits per heavy atom. The topological polar surface area (TPSA) is 81.1 Å². The van der Waals surface area contributed by atoms with Gasteiger partial charge in [0.25, 0.3) is 0 Å². The lowest BCUT2D eigenvalue weighted by atomic mass is 10.0. The second kappa shape index (κ2) is 9.37. The number of H-pyrrole nitrogens is 1. The van der Waals surface area contributed by atoms with Crippen molar-refractivity contribution in [3.63, 3.8) is 0 Å². The van der Waals surface area contributed by atoms with E-state index in [-0.39, 0.29) is 0 Å². The molecule has 1 atom stereocenters. The van der Waals surface area contributed by atoms with Crippen molar-refractivity contribution in [1.82, 2.24) is 10.2 Å². The van der Waals surface area contributed by atoms with Gasteiger partial charge >= 0.3 is 0 Å². The molecule has 7 heteroatoms. The molecule has 0 saturated heterocycles. The summed E-state index contributed by atoms with van der Waals surface area (Å²) in [4.78, 5) is 8.45. The van der Waals surface area contributed by atoms with E-state index in [9.17, 15) is 0 Å². The summed E-state index contributed by atoms with van der Waals surface area (Å²) in [7, 11) is 0. The zero-order valence-corrected chi connectivity index (χ0v) is 16.8. The lowest BCUT2D eigenvalue weighted by molar-refractivity contribution is 0.0771. The lowest BCUT2D eigenvalue weighted by Crippen LogP contribution is -2.43. The Morgan fingerprint density at radius 1 is 0.967 bits per heavy atom. The van der Waals surface area contributed by atoms with Gasteiger partial charge in [-0.3, -0.25) is 10.1 Å². The molecule has 3 aromatic rings. The number of nitrogens with one attached hydrogen (secondary N) is 1. The van der Waals surface area contributed by atoms with Crippen molar-refractivity contribution in [2.75, 3.05) is 19.8 Å². The fourth-order valence-electron chi connectivity index (χ4n) is 3.16. The van der Waals surface area contributed by atoms with Crippen molar-refractivity contribution in [3.05, 3.63) is 60.8 Å². The molecule has 0 fully saturated rings. The number of rotatable bonds is 9. The normalized spacial score (nSPS) is 17.8. The van der Waals surface area contributed by atoms with Crippen LogP contribution in [0.15, 0.2) is 70.8 Å². The predicted molar refractivity (Wildman–Crippen MR) is 117 cm³/mol. The fraction of sp³-hybridized carbons (Fsp3) is 0.261. The standard InChI is InChI=1S/C23H24N4O3/c1-2-28-14-12-23(15-24-17-25-16-23)30-21-9-7-20(8-10-21)29-19-5-3-18(4-6-19)22-11-13-26-27-22/h3-11,13,15,17H,2,12,14,16H2,1H3,(H,26,27). The van der Waals surface area contributed by atoms with Gasteiger partial charge in [0.2, 0.25) is 0 Å². The predicted octanol–water partition coefficient (Wildman–Crippen LogP) is 4.53. The molecule has 2 heterocycles. The van der Waals surface area contributed by atoms with Crippen molar-refractivity contribution in [2.24, 2.45) is 9.98 Å². The van der Waals surface area contributed by atoms with Crippen LogP contribution in [0.5, 0.6) is 17.2 Å². The first kappa shape index (κ1) is 19.8. The maximum atomic E-state index is 6.24. The first-order valence-electron chi connectivity index (χ1n) is 9.93. The lowest BCUT2D eigenvalue weighted by Gasteiger charge is -2.30. The van der Waals surface area contributed by atoms with Gasteiger partial charge in [-0.05, 0) is 67.1 Å². The van der Waals surface area contributed by atoms with E-state index in [0.29, 0.717) is 26.2 Å². The van der Waals surface area contributed by atoms with Crippen molar-refractivity contribution >= 4 is 12.6 Å². The highest BCUT2D eigenvalue weighted by molar-refractivity contribution is 5.81. The van der Waals surface area contributed by atoms with E-state index in [1.165, 1.54) is 0 Å². The third kappa shape index (κ3) is 4.93. The first-order valence-corrected chi connectivity index (χ1v) is 9.93. The van der Waals surface area contributed by atoms with Crippen LogP contribution >= 0.6 is 0 Å². The van der Waals surface area contributed by atoms with Crippen molar-refractivity contribution in [2.45, 2.75) is 18.9 Å². The van der Waals surface area contributed by atoms with Crippen LogP contribution in [0.2, 0.25) is 0 Å². The minimum absolute atomic E-state index is 0.518. The highest BCUT2D eigenvalue weighted by atomic mass is 16.5. The third-order valence-electron chi connectivity index (χ3n) is 4.74. The summed E-state index contributed by atoms with van der Waals surface area (Å²) in [6.07, 6.45) is 5.78. The molecule has 7 nitrogen and oxygen atoms in total. The number of aromatic nitrogens is 2. The molecule has 4 rings (SSSR count). The Labute approximate surface area is 175 Å². The van der Waals surface area contributed by atoms with Gasteiger partial charge in [-0.25, -0.2) is 4.99 Å². The molecule has 0 bridgehead atoms. The van der Waals surface area contributed by atoms with Gasteiger partial charge in [-0.15, -0.1) is 0 Å². The highest BCUT2D eigenvalue weighted by Crippen LogP contribution is 2.28. The second-order valence-electron chi connectivity index (χ2n) is 6.92.